The van der Waals surface area contributed by atoms with Gasteiger partial charge in [-0.1, -0.05) is 29.9 Å². The highest BCUT2D eigenvalue weighted by Gasteiger charge is 2.13. The SMILES string of the molecule is CCc1nnc(NC(=O)c2cc(Cl)ccc2Br)s1. The van der Waals surface area contributed by atoms with Crippen LogP contribution in [0.2, 0.25) is 5.02 Å². The summed E-state index contributed by atoms with van der Waals surface area (Å²) in [6.07, 6.45) is 0.800. The van der Waals surface area contributed by atoms with Gasteiger partial charge in [-0.2, -0.15) is 0 Å². The number of hydrogen-bond donors (Lipinski definition) is 1. The second-order valence-electron chi connectivity index (χ2n) is 3.43. The number of aryl methyl sites for hydroxylation is 1. The Morgan fingerprint density at radius 1 is 1.50 bits per heavy atom. The zero-order valence-electron chi connectivity index (χ0n) is 9.41. The van der Waals surface area contributed by atoms with E-state index in [0.29, 0.717) is 20.2 Å². The number of nitrogens with one attached hydrogen (secondary N) is 1. The van der Waals surface area contributed by atoms with Crippen LogP contribution in [0.25, 0.3) is 0 Å². The minimum absolute atomic E-state index is 0.261. The van der Waals surface area contributed by atoms with Crippen LogP contribution in [-0.4, -0.2) is 16.1 Å². The molecule has 4 nitrogen and oxygen atoms in total. The van der Waals surface area contributed by atoms with Gasteiger partial charge < -0.3 is 0 Å². The van der Waals surface area contributed by atoms with E-state index in [1.807, 2.05) is 6.92 Å². The number of carbonyl (C=O) groups excluding carboxylic acids is 1. The molecular formula is C11H9BrClN3OS. The Balaban J connectivity index is 2.19. The lowest BCUT2D eigenvalue weighted by Gasteiger charge is -2.04. The average molecular weight is 347 g/mol. The topological polar surface area (TPSA) is 54.9 Å². The molecule has 0 spiro atoms. The fourth-order valence-electron chi connectivity index (χ4n) is 1.28. The molecule has 1 N–H and O–H groups in total. The first-order valence-electron chi connectivity index (χ1n) is 5.19. The Morgan fingerprint density at radius 2 is 2.28 bits per heavy atom. The Labute approximate surface area is 122 Å². The third-order valence-electron chi connectivity index (χ3n) is 2.16. The highest BCUT2D eigenvalue weighted by atomic mass is 79.9. The van der Waals surface area contributed by atoms with E-state index in [-0.39, 0.29) is 5.91 Å². The minimum atomic E-state index is -0.261. The van der Waals surface area contributed by atoms with Gasteiger partial charge in [-0.15, -0.1) is 10.2 Å². The minimum Gasteiger partial charge on any atom is -0.296 e. The molecule has 0 fully saturated rings. The largest absolute Gasteiger partial charge is 0.296 e. The smallest absolute Gasteiger partial charge is 0.258 e. The molecule has 0 radical (unpaired) electrons. The first-order chi connectivity index (χ1) is 8.60. The van der Waals surface area contributed by atoms with Gasteiger partial charge in [0.05, 0.1) is 5.56 Å². The molecule has 18 heavy (non-hydrogen) atoms. The van der Waals surface area contributed by atoms with Crippen molar-refractivity contribution >= 4 is 49.9 Å². The van der Waals surface area contributed by atoms with Crippen LogP contribution in [0.4, 0.5) is 5.13 Å². The molecule has 0 atom stereocenters. The molecule has 0 aliphatic carbocycles. The Bertz CT molecular complexity index is 587. The first kappa shape index (κ1) is 13.5. The fraction of sp³-hybridized carbons (Fsp3) is 0.182. The zero-order valence-corrected chi connectivity index (χ0v) is 12.6. The second kappa shape index (κ2) is 5.77. The van der Waals surface area contributed by atoms with Crippen molar-refractivity contribution in [2.75, 3.05) is 5.32 Å². The first-order valence-corrected chi connectivity index (χ1v) is 7.17. The van der Waals surface area contributed by atoms with Gasteiger partial charge in [-0.05, 0) is 40.5 Å². The number of anilines is 1. The Hall–Kier alpha value is -0.980. The normalized spacial score (nSPS) is 10.4. The lowest BCUT2D eigenvalue weighted by molar-refractivity contribution is 0.102. The maximum absolute atomic E-state index is 12.0. The van der Waals surface area contributed by atoms with Gasteiger partial charge in [0, 0.05) is 9.50 Å². The van der Waals surface area contributed by atoms with Crippen molar-refractivity contribution < 1.29 is 4.79 Å². The van der Waals surface area contributed by atoms with Gasteiger partial charge in [0.25, 0.3) is 5.91 Å². The number of nitrogens with zero attached hydrogens (tertiary/aromatic N) is 2. The summed E-state index contributed by atoms with van der Waals surface area (Å²) in [6, 6.07) is 5.04. The zero-order chi connectivity index (χ0) is 13.1. The molecule has 0 saturated carbocycles. The molecule has 7 heteroatoms. The second-order valence-corrected chi connectivity index (χ2v) is 5.79. The van der Waals surface area contributed by atoms with Crippen molar-refractivity contribution in [3.63, 3.8) is 0 Å². The molecule has 0 aliphatic rings. The summed E-state index contributed by atoms with van der Waals surface area (Å²) in [4.78, 5) is 12.0. The molecule has 1 amide bonds. The molecule has 0 unspecified atom stereocenters. The molecule has 94 valence electrons. The summed E-state index contributed by atoms with van der Waals surface area (Å²) in [6.45, 7) is 1.99. The van der Waals surface area contributed by atoms with Crippen molar-refractivity contribution in [3.05, 3.63) is 38.3 Å². The predicted octanol–water partition coefficient (Wildman–Crippen LogP) is 3.77. The number of benzene rings is 1. The fourth-order valence-corrected chi connectivity index (χ4v) is 2.56. The summed E-state index contributed by atoms with van der Waals surface area (Å²) in [5, 5.41) is 12.4. The molecule has 0 saturated heterocycles. The lowest BCUT2D eigenvalue weighted by Crippen LogP contribution is -2.12. The molecule has 2 aromatic rings. The standard InChI is InChI=1S/C11H9BrClN3OS/c1-2-9-15-16-11(18-9)14-10(17)7-5-6(13)3-4-8(7)12/h3-5H,2H2,1H3,(H,14,16,17). The monoisotopic (exact) mass is 345 g/mol. The number of aromatic nitrogens is 2. The molecule has 0 bridgehead atoms. The van der Waals surface area contributed by atoms with Crippen molar-refractivity contribution in [2.45, 2.75) is 13.3 Å². The van der Waals surface area contributed by atoms with E-state index >= 15 is 0 Å². The summed E-state index contributed by atoms with van der Waals surface area (Å²) in [7, 11) is 0. The van der Waals surface area contributed by atoms with E-state index in [1.54, 1.807) is 18.2 Å². The molecule has 1 heterocycles. The number of hydrogen-bond acceptors (Lipinski definition) is 4. The average Bonchev–Trinajstić information content (AvgIpc) is 2.80. The third kappa shape index (κ3) is 3.07. The van der Waals surface area contributed by atoms with Gasteiger partial charge in [0.15, 0.2) is 0 Å². The van der Waals surface area contributed by atoms with Crippen LogP contribution in [0.5, 0.6) is 0 Å². The van der Waals surface area contributed by atoms with Gasteiger partial charge in [0.2, 0.25) is 5.13 Å². The van der Waals surface area contributed by atoms with Gasteiger partial charge in [-0.3, -0.25) is 10.1 Å². The van der Waals surface area contributed by atoms with Crippen LogP contribution in [-0.2, 0) is 6.42 Å². The molecule has 0 aliphatic heterocycles. The van der Waals surface area contributed by atoms with E-state index in [2.05, 4.69) is 31.4 Å². The molecule has 2 rings (SSSR count). The maximum atomic E-state index is 12.0. The highest BCUT2D eigenvalue weighted by molar-refractivity contribution is 9.10. The van der Waals surface area contributed by atoms with Gasteiger partial charge in [-0.25, -0.2) is 0 Å². The van der Waals surface area contributed by atoms with Crippen molar-refractivity contribution in [1.29, 1.82) is 0 Å². The predicted molar refractivity (Wildman–Crippen MR) is 76.4 cm³/mol. The van der Waals surface area contributed by atoms with E-state index in [9.17, 15) is 4.79 Å². The van der Waals surface area contributed by atoms with Gasteiger partial charge in [0.1, 0.15) is 5.01 Å². The van der Waals surface area contributed by atoms with Crippen LogP contribution >= 0.6 is 38.9 Å². The molecule has 1 aromatic heterocycles. The van der Waals surface area contributed by atoms with E-state index in [4.69, 9.17) is 11.6 Å². The van der Waals surface area contributed by atoms with Crippen molar-refractivity contribution in [2.24, 2.45) is 0 Å². The lowest BCUT2D eigenvalue weighted by atomic mass is 10.2. The van der Waals surface area contributed by atoms with Crippen molar-refractivity contribution in [3.8, 4) is 0 Å². The maximum Gasteiger partial charge on any atom is 0.258 e. The van der Waals surface area contributed by atoms with Gasteiger partial charge >= 0.3 is 0 Å². The number of amides is 1. The van der Waals surface area contributed by atoms with Crippen LogP contribution < -0.4 is 5.32 Å². The Morgan fingerprint density at radius 3 is 2.94 bits per heavy atom. The summed E-state index contributed by atoms with van der Waals surface area (Å²) < 4.78 is 0.685. The van der Waals surface area contributed by atoms with Crippen LogP contribution in [0, 0.1) is 0 Å². The number of rotatable bonds is 3. The summed E-state index contributed by atoms with van der Waals surface area (Å²) >= 11 is 10.5. The van der Waals surface area contributed by atoms with E-state index < -0.39 is 0 Å². The highest BCUT2D eigenvalue weighted by Crippen LogP contribution is 2.23. The number of halogens is 2. The summed E-state index contributed by atoms with van der Waals surface area (Å²) in [5.74, 6) is -0.261. The third-order valence-corrected chi connectivity index (χ3v) is 4.07. The molecule has 1 aromatic carbocycles. The Kier molecular flexibility index (Phi) is 4.31. The van der Waals surface area contributed by atoms with E-state index in [0.717, 1.165) is 11.4 Å². The van der Waals surface area contributed by atoms with Crippen LogP contribution in [0.15, 0.2) is 22.7 Å². The quantitative estimate of drug-likeness (QED) is 0.920. The van der Waals surface area contributed by atoms with E-state index in [1.165, 1.54) is 11.3 Å². The van der Waals surface area contributed by atoms with Crippen molar-refractivity contribution in [1.82, 2.24) is 10.2 Å². The number of carbonyl (C=O) groups is 1. The summed E-state index contributed by atoms with van der Waals surface area (Å²) in [5.41, 5.74) is 0.468. The van der Waals surface area contributed by atoms with Crippen LogP contribution in [0.1, 0.15) is 22.3 Å². The molecular weight excluding hydrogens is 338 g/mol. The van der Waals surface area contributed by atoms with Crippen LogP contribution in [0.3, 0.4) is 0 Å².